The monoisotopic (exact) mass is 354 g/mol. The van der Waals surface area contributed by atoms with E-state index in [2.05, 4.69) is 25.1 Å². The SMILES string of the molecule is C[C@]1(CCCOCC(=O)O)C[C@@H](c2cccc(Oc3ccccc3)c2)C1. The topological polar surface area (TPSA) is 55.8 Å². The van der Waals surface area contributed by atoms with E-state index >= 15 is 0 Å². The van der Waals surface area contributed by atoms with Crippen LogP contribution in [-0.4, -0.2) is 24.3 Å². The molecule has 0 bridgehead atoms. The molecule has 0 spiro atoms. The highest BCUT2D eigenvalue weighted by molar-refractivity contribution is 5.67. The third-order valence-corrected chi connectivity index (χ3v) is 5.08. The molecule has 4 nitrogen and oxygen atoms in total. The zero-order valence-electron chi connectivity index (χ0n) is 15.2. The molecule has 26 heavy (non-hydrogen) atoms. The summed E-state index contributed by atoms with van der Waals surface area (Å²) in [5, 5.41) is 8.57. The third kappa shape index (κ3) is 5.09. The highest BCUT2D eigenvalue weighted by atomic mass is 16.5. The molecule has 0 amide bonds. The van der Waals surface area contributed by atoms with E-state index in [1.807, 2.05) is 36.4 Å². The van der Waals surface area contributed by atoms with Gasteiger partial charge in [-0.3, -0.25) is 0 Å². The lowest BCUT2D eigenvalue weighted by Crippen LogP contribution is -2.33. The Balaban J connectivity index is 1.47. The zero-order valence-corrected chi connectivity index (χ0v) is 15.2. The molecule has 2 aromatic carbocycles. The van der Waals surface area contributed by atoms with Crippen molar-refractivity contribution in [2.45, 2.75) is 38.5 Å². The van der Waals surface area contributed by atoms with Crippen molar-refractivity contribution in [3.63, 3.8) is 0 Å². The number of rotatable bonds is 9. The molecule has 1 aliphatic carbocycles. The summed E-state index contributed by atoms with van der Waals surface area (Å²) in [6.07, 6.45) is 4.29. The van der Waals surface area contributed by atoms with Gasteiger partial charge in [0.1, 0.15) is 18.1 Å². The predicted octanol–water partition coefficient (Wildman–Crippen LogP) is 5.24. The van der Waals surface area contributed by atoms with E-state index in [0.29, 0.717) is 17.9 Å². The molecule has 0 aromatic heterocycles. The highest BCUT2D eigenvalue weighted by Crippen LogP contribution is 2.53. The molecule has 0 atom stereocenters. The van der Waals surface area contributed by atoms with E-state index in [4.69, 9.17) is 14.6 Å². The summed E-state index contributed by atoms with van der Waals surface area (Å²) in [7, 11) is 0. The first-order valence-electron chi connectivity index (χ1n) is 9.16. The fraction of sp³-hybridized carbons (Fsp3) is 0.409. The molecule has 0 heterocycles. The molecule has 2 aromatic rings. The second-order valence-electron chi connectivity index (χ2n) is 7.45. The number of aliphatic carboxylic acids is 1. The second-order valence-corrected chi connectivity index (χ2v) is 7.45. The fourth-order valence-electron chi connectivity index (χ4n) is 3.79. The summed E-state index contributed by atoms with van der Waals surface area (Å²) in [5.41, 5.74) is 1.66. The first-order valence-corrected chi connectivity index (χ1v) is 9.16. The van der Waals surface area contributed by atoms with Crippen molar-refractivity contribution in [2.24, 2.45) is 5.41 Å². The number of carbonyl (C=O) groups is 1. The van der Waals surface area contributed by atoms with Crippen molar-refractivity contribution < 1.29 is 19.4 Å². The van der Waals surface area contributed by atoms with Crippen molar-refractivity contribution in [3.8, 4) is 11.5 Å². The second kappa shape index (κ2) is 8.37. The van der Waals surface area contributed by atoms with Gasteiger partial charge in [0.15, 0.2) is 0 Å². The van der Waals surface area contributed by atoms with Gasteiger partial charge in [0.25, 0.3) is 0 Å². The van der Waals surface area contributed by atoms with Gasteiger partial charge in [0, 0.05) is 6.61 Å². The molecule has 0 saturated heterocycles. The molecule has 138 valence electrons. The highest BCUT2D eigenvalue weighted by Gasteiger charge is 2.40. The maximum Gasteiger partial charge on any atom is 0.329 e. The summed E-state index contributed by atoms with van der Waals surface area (Å²) in [4.78, 5) is 10.4. The average molecular weight is 354 g/mol. The van der Waals surface area contributed by atoms with Crippen LogP contribution in [0.4, 0.5) is 0 Å². The van der Waals surface area contributed by atoms with Crippen LogP contribution in [0.1, 0.15) is 44.1 Å². The lowest BCUT2D eigenvalue weighted by Gasteiger charge is -2.46. The number of benzene rings is 2. The van der Waals surface area contributed by atoms with E-state index in [9.17, 15) is 4.79 Å². The van der Waals surface area contributed by atoms with Gasteiger partial charge in [0.05, 0.1) is 0 Å². The number of carboxylic acid groups (broad SMARTS) is 1. The molecule has 0 unspecified atom stereocenters. The van der Waals surface area contributed by atoms with Crippen LogP contribution >= 0.6 is 0 Å². The maximum atomic E-state index is 10.4. The molecular formula is C22H26O4. The quantitative estimate of drug-likeness (QED) is 0.625. The van der Waals surface area contributed by atoms with Crippen LogP contribution in [0, 0.1) is 5.41 Å². The minimum absolute atomic E-state index is 0.201. The molecular weight excluding hydrogens is 328 g/mol. The molecule has 1 N–H and O–H groups in total. The van der Waals surface area contributed by atoms with E-state index < -0.39 is 5.97 Å². The van der Waals surface area contributed by atoms with Crippen LogP contribution in [0.2, 0.25) is 0 Å². The number of para-hydroxylation sites is 1. The van der Waals surface area contributed by atoms with Gasteiger partial charge in [-0.15, -0.1) is 0 Å². The summed E-state index contributed by atoms with van der Waals surface area (Å²) < 4.78 is 11.1. The standard InChI is InChI=1S/C22H26O4/c1-22(11-6-12-25-16-21(23)24)14-18(15-22)17-7-5-10-20(13-17)26-19-8-3-2-4-9-19/h2-5,7-10,13,18H,6,11-12,14-16H2,1H3,(H,23,24)/t18-,22+. The van der Waals surface area contributed by atoms with Crippen molar-refractivity contribution >= 4 is 5.97 Å². The first kappa shape index (κ1) is 18.5. The van der Waals surface area contributed by atoms with Crippen LogP contribution in [0.5, 0.6) is 11.5 Å². The minimum atomic E-state index is -0.905. The Labute approximate surface area is 154 Å². The Morgan fingerprint density at radius 3 is 2.58 bits per heavy atom. The van der Waals surface area contributed by atoms with Gasteiger partial charge in [-0.05, 0) is 66.8 Å². The summed E-state index contributed by atoms with van der Waals surface area (Å²) in [6, 6.07) is 18.2. The number of hydrogen-bond acceptors (Lipinski definition) is 3. The Morgan fingerprint density at radius 1 is 1.12 bits per heavy atom. The van der Waals surface area contributed by atoms with Crippen LogP contribution < -0.4 is 4.74 Å². The number of carboxylic acids is 1. The van der Waals surface area contributed by atoms with E-state index in [0.717, 1.165) is 37.2 Å². The van der Waals surface area contributed by atoms with Gasteiger partial charge in [0.2, 0.25) is 0 Å². The Bertz CT molecular complexity index is 720. The first-order chi connectivity index (χ1) is 12.5. The lowest BCUT2D eigenvalue weighted by atomic mass is 9.59. The van der Waals surface area contributed by atoms with Crippen LogP contribution in [0.25, 0.3) is 0 Å². The largest absolute Gasteiger partial charge is 0.480 e. The van der Waals surface area contributed by atoms with Gasteiger partial charge >= 0.3 is 5.97 Å². The Kier molecular flexibility index (Phi) is 5.94. The maximum absolute atomic E-state index is 10.4. The summed E-state index contributed by atoms with van der Waals surface area (Å²) in [5.74, 6) is 1.39. The zero-order chi connectivity index (χ0) is 18.4. The molecule has 0 aliphatic heterocycles. The Hall–Kier alpha value is -2.33. The van der Waals surface area contributed by atoms with E-state index in [-0.39, 0.29) is 6.61 Å². The summed E-state index contributed by atoms with van der Waals surface area (Å²) in [6.45, 7) is 2.63. The molecule has 0 radical (unpaired) electrons. The smallest absolute Gasteiger partial charge is 0.329 e. The third-order valence-electron chi connectivity index (χ3n) is 5.08. The van der Waals surface area contributed by atoms with Crippen molar-refractivity contribution in [1.29, 1.82) is 0 Å². The van der Waals surface area contributed by atoms with Crippen molar-refractivity contribution in [1.82, 2.24) is 0 Å². The minimum Gasteiger partial charge on any atom is -0.480 e. The van der Waals surface area contributed by atoms with Gasteiger partial charge in [-0.2, -0.15) is 0 Å². The van der Waals surface area contributed by atoms with Crippen LogP contribution in [-0.2, 0) is 9.53 Å². The normalized spacial score (nSPS) is 21.8. The predicted molar refractivity (Wildman–Crippen MR) is 101 cm³/mol. The number of hydrogen-bond donors (Lipinski definition) is 1. The van der Waals surface area contributed by atoms with E-state index in [1.165, 1.54) is 5.56 Å². The Morgan fingerprint density at radius 2 is 1.85 bits per heavy atom. The molecule has 1 saturated carbocycles. The molecule has 4 heteroatoms. The van der Waals surface area contributed by atoms with E-state index in [1.54, 1.807) is 0 Å². The van der Waals surface area contributed by atoms with Crippen molar-refractivity contribution in [3.05, 3.63) is 60.2 Å². The fourth-order valence-corrected chi connectivity index (χ4v) is 3.79. The average Bonchev–Trinajstić information content (AvgIpc) is 2.60. The van der Waals surface area contributed by atoms with Crippen LogP contribution in [0.15, 0.2) is 54.6 Å². The molecule has 3 rings (SSSR count). The van der Waals surface area contributed by atoms with Gasteiger partial charge < -0.3 is 14.6 Å². The number of ether oxygens (including phenoxy) is 2. The van der Waals surface area contributed by atoms with Crippen LogP contribution in [0.3, 0.4) is 0 Å². The molecule has 1 aliphatic rings. The van der Waals surface area contributed by atoms with Gasteiger partial charge in [-0.25, -0.2) is 4.79 Å². The summed E-state index contributed by atoms with van der Waals surface area (Å²) >= 11 is 0. The van der Waals surface area contributed by atoms with Gasteiger partial charge in [-0.1, -0.05) is 37.3 Å². The van der Waals surface area contributed by atoms with Crippen molar-refractivity contribution in [2.75, 3.05) is 13.2 Å². The lowest BCUT2D eigenvalue weighted by molar-refractivity contribution is -0.142. The molecule has 1 fully saturated rings.